The number of thiazole rings is 1. The first-order valence-electron chi connectivity index (χ1n) is 14.4. The maximum Gasteiger partial charge on any atom is 0.301 e. The summed E-state index contributed by atoms with van der Waals surface area (Å²) in [5.41, 5.74) is 4.38. The number of methoxy groups -OCH3 is 1. The Bertz CT molecular complexity index is 2210. The maximum atomic E-state index is 13.9. The molecule has 7 rings (SSSR count). The molecule has 46 heavy (non-hydrogen) atoms. The van der Waals surface area contributed by atoms with Gasteiger partial charge in [0.05, 0.1) is 34.6 Å². The number of carbonyl (C=O) groups excluding carboxylic acids is 2. The Morgan fingerprint density at radius 1 is 0.978 bits per heavy atom. The number of pyridine rings is 1. The zero-order valence-electron chi connectivity index (χ0n) is 25.0. The normalized spacial score (nSPS) is 16.1. The van der Waals surface area contributed by atoms with E-state index in [9.17, 15) is 14.7 Å². The van der Waals surface area contributed by atoms with E-state index in [1.54, 1.807) is 43.3 Å². The first-order chi connectivity index (χ1) is 22.2. The Morgan fingerprint density at radius 3 is 2.54 bits per heavy atom. The summed E-state index contributed by atoms with van der Waals surface area (Å²) in [6, 6.07) is 22.9. The molecule has 1 saturated heterocycles. The Kier molecular flexibility index (Phi) is 7.46. The van der Waals surface area contributed by atoms with E-state index in [0.29, 0.717) is 45.5 Å². The molecule has 0 radical (unpaired) electrons. The lowest BCUT2D eigenvalue weighted by Gasteiger charge is -2.23. The molecule has 9 nitrogen and oxygen atoms in total. The number of amides is 1. The van der Waals surface area contributed by atoms with E-state index in [2.05, 4.69) is 9.97 Å². The van der Waals surface area contributed by atoms with Gasteiger partial charge in [-0.25, -0.2) is 9.97 Å². The number of aliphatic hydroxyl groups is 1. The number of fused-ring (bicyclic) bond motifs is 2. The van der Waals surface area contributed by atoms with E-state index < -0.39 is 17.7 Å². The Labute approximate surface area is 272 Å². The molecule has 0 spiro atoms. The van der Waals surface area contributed by atoms with E-state index in [-0.39, 0.29) is 22.2 Å². The van der Waals surface area contributed by atoms with Gasteiger partial charge >= 0.3 is 5.91 Å². The van der Waals surface area contributed by atoms with Gasteiger partial charge in [0.2, 0.25) is 0 Å². The highest BCUT2D eigenvalue weighted by Gasteiger charge is 2.49. The van der Waals surface area contributed by atoms with E-state index in [4.69, 9.17) is 21.1 Å². The van der Waals surface area contributed by atoms with E-state index in [1.807, 2.05) is 60.0 Å². The van der Waals surface area contributed by atoms with Crippen LogP contribution in [-0.2, 0) is 16.2 Å². The van der Waals surface area contributed by atoms with Crippen LogP contribution in [0.15, 0.2) is 90.6 Å². The number of carbonyl (C=O) groups is 2. The predicted octanol–water partition coefficient (Wildman–Crippen LogP) is 7.43. The summed E-state index contributed by atoms with van der Waals surface area (Å²) in [7, 11) is 1.52. The van der Waals surface area contributed by atoms with E-state index >= 15 is 0 Å². The molecule has 6 aromatic rings. The predicted molar refractivity (Wildman–Crippen MR) is 178 cm³/mol. The zero-order chi connectivity index (χ0) is 32.1. The third-order valence-corrected chi connectivity index (χ3v) is 9.29. The molecular formula is C35H27ClN4O5S. The van der Waals surface area contributed by atoms with Crippen LogP contribution < -0.4 is 14.4 Å². The van der Waals surface area contributed by atoms with Gasteiger partial charge in [0.25, 0.3) is 5.78 Å². The van der Waals surface area contributed by atoms with Gasteiger partial charge in [-0.1, -0.05) is 65.4 Å². The van der Waals surface area contributed by atoms with Crippen LogP contribution >= 0.6 is 22.9 Å². The highest BCUT2D eigenvalue weighted by molar-refractivity contribution is 7.22. The molecule has 1 atom stereocenters. The highest BCUT2D eigenvalue weighted by atomic mass is 35.5. The number of imidazole rings is 1. The van der Waals surface area contributed by atoms with Crippen LogP contribution in [0.1, 0.15) is 34.1 Å². The SMILES string of the molecule is COc1cc(C2/C(=C(\O)c3nc4c(C)cccn4c3C)C(=O)C(=O)N2c2nc3ccc(Cl)cc3s2)ccc1OCc1ccccc1. The summed E-state index contributed by atoms with van der Waals surface area (Å²) in [6.07, 6.45) is 1.84. The molecule has 1 unspecified atom stereocenters. The maximum absolute atomic E-state index is 13.9. The first kappa shape index (κ1) is 29.5. The number of halogens is 1. The second-order valence-corrected chi connectivity index (χ2v) is 12.3. The third-order valence-electron chi connectivity index (χ3n) is 8.04. The summed E-state index contributed by atoms with van der Waals surface area (Å²) in [4.78, 5) is 38.4. The summed E-state index contributed by atoms with van der Waals surface area (Å²) in [5, 5.41) is 12.7. The third kappa shape index (κ3) is 4.96. The Balaban J connectivity index is 1.39. The standard InChI is InChI=1S/C35H27ClN4O5S/c1-19-8-7-15-39-20(2)29(38-33(19)39)31(41)28-30(22-11-14-25(26(16-22)44-3)45-18-21-9-5-4-6-10-21)40(34(43)32(28)42)35-37-24-13-12-23(36)17-27(24)46-35/h4-17,30,41H,18H2,1-3H3/b31-28+. The highest BCUT2D eigenvalue weighted by Crippen LogP contribution is 2.46. The summed E-state index contributed by atoms with van der Waals surface area (Å²) in [6.45, 7) is 4.03. The molecule has 1 aliphatic heterocycles. The van der Waals surface area contributed by atoms with Crippen molar-refractivity contribution in [3.63, 3.8) is 0 Å². The molecule has 3 aromatic heterocycles. The van der Waals surface area contributed by atoms with Crippen molar-refractivity contribution in [1.82, 2.24) is 14.4 Å². The number of Topliss-reactive ketones (excluding diaryl/α,β-unsaturated/α-hetero) is 1. The van der Waals surface area contributed by atoms with Crippen LogP contribution in [0.25, 0.3) is 21.6 Å². The number of anilines is 1. The van der Waals surface area contributed by atoms with Crippen LogP contribution in [0.4, 0.5) is 5.13 Å². The van der Waals surface area contributed by atoms with Gasteiger partial charge in [0, 0.05) is 11.2 Å². The van der Waals surface area contributed by atoms with E-state index in [0.717, 1.165) is 15.8 Å². The fourth-order valence-electron chi connectivity index (χ4n) is 5.72. The number of benzene rings is 3. The minimum absolute atomic E-state index is 0.105. The van der Waals surface area contributed by atoms with Crippen molar-refractivity contribution in [2.24, 2.45) is 0 Å². The number of aryl methyl sites for hydroxylation is 2. The Morgan fingerprint density at radius 2 is 1.78 bits per heavy atom. The average Bonchev–Trinajstić information content (AvgIpc) is 3.72. The van der Waals surface area contributed by atoms with Gasteiger partial charge in [0.1, 0.15) is 17.9 Å². The van der Waals surface area contributed by atoms with Crippen LogP contribution in [0.3, 0.4) is 0 Å². The summed E-state index contributed by atoms with van der Waals surface area (Å²) >= 11 is 7.47. The zero-order valence-corrected chi connectivity index (χ0v) is 26.6. The fourth-order valence-corrected chi connectivity index (χ4v) is 6.99. The van der Waals surface area contributed by atoms with Crippen LogP contribution in [0.5, 0.6) is 11.5 Å². The smallest absolute Gasteiger partial charge is 0.301 e. The van der Waals surface area contributed by atoms with Crippen molar-refractivity contribution in [3.8, 4) is 11.5 Å². The number of aliphatic hydroxyl groups excluding tert-OH is 1. The van der Waals surface area contributed by atoms with Crippen LogP contribution in [0.2, 0.25) is 5.02 Å². The van der Waals surface area contributed by atoms with Gasteiger partial charge in [-0.05, 0) is 66.9 Å². The van der Waals surface area contributed by atoms with Crippen molar-refractivity contribution in [2.45, 2.75) is 26.5 Å². The molecule has 0 bridgehead atoms. The molecule has 1 fully saturated rings. The second-order valence-electron chi connectivity index (χ2n) is 10.9. The molecule has 0 saturated carbocycles. The summed E-state index contributed by atoms with van der Waals surface area (Å²) in [5.74, 6) is -1.17. The molecule has 11 heteroatoms. The molecule has 3 aromatic carbocycles. The van der Waals surface area contributed by atoms with Gasteiger partial charge in [-0.2, -0.15) is 0 Å². The lowest BCUT2D eigenvalue weighted by atomic mass is 9.96. The average molecular weight is 651 g/mol. The molecule has 1 amide bonds. The van der Waals surface area contributed by atoms with Crippen LogP contribution in [0, 0.1) is 13.8 Å². The largest absolute Gasteiger partial charge is 0.505 e. The van der Waals surface area contributed by atoms with E-state index in [1.165, 1.54) is 23.3 Å². The quantitative estimate of drug-likeness (QED) is 0.109. The van der Waals surface area contributed by atoms with Gasteiger partial charge < -0.3 is 19.0 Å². The van der Waals surface area contributed by atoms with Crippen molar-refractivity contribution >= 4 is 61.4 Å². The van der Waals surface area contributed by atoms with Gasteiger partial charge in [0.15, 0.2) is 22.4 Å². The minimum atomic E-state index is -1.04. The minimum Gasteiger partial charge on any atom is -0.505 e. The lowest BCUT2D eigenvalue weighted by Crippen LogP contribution is -2.29. The number of ketones is 1. The number of aromatic nitrogens is 3. The number of ether oxygens (including phenoxy) is 2. The van der Waals surface area contributed by atoms with Gasteiger partial charge in [-0.15, -0.1) is 0 Å². The molecule has 230 valence electrons. The summed E-state index contributed by atoms with van der Waals surface area (Å²) < 4.78 is 14.4. The fraction of sp³-hybridized carbons (Fsp3) is 0.143. The molecule has 1 aliphatic rings. The Hall–Kier alpha value is -5.19. The number of nitrogens with zero attached hydrogens (tertiary/aromatic N) is 4. The van der Waals surface area contributed by atoms with Crippen LogP contribution in [-0.4, -0.2) is 38.3 Å². The number of hydrogen-bond acceptors (Lipinski definition) is 8. The number of rotatable bonds is 7. The lowest BCUT2D eigenvalue weighted by molar-refractivity contribution is -0.132. The van der Waals surface area contributed by atoms with Crippen molar-refractivity contribution < 1.29 is 24.2 Å². The second kappa shape index (κ2) is 11.6. The van der Waals surface area contributed by atoms with Crippen molar-refractivity contribution in [2.75, 3.05) is 12.0 Å². The van der Waals surface area contributed by atoms with Gasteiger partial charge in [-0.3, -0.25) is 14.5 Å². The topological polar surface area (TPSA) is 106 Å². The monoisotopic (exact) mass is 650 g/mol. The number of hydrogen-bond donors (Lipinski definition) is 1. The first-order valence-corrected chi connectivity index (χ1v) is 15.6. The molecule has 1 N–H and O–H groups in total. The molecular weight excluding hydrogens is 624 g/mol. The molecule has 0 aliphatic carbocycles. The van der Waals surface area contributed by atoms with Crippen molar-refractivity contribution in [1.29, 1.82) is 0 Å². The van der Waals surface area contributed by atoms with Crippen molar-refractivity contribution in [3.05, 3.63) is 124 Å². The molecule has 4 heterocycles.